The molecule has 12 heteroatoms. The highest BCUT2D eigenvalue weighted by Gasteiger charge is 2.27. The molecule has 37 heavy (non-hydrogen) atoms. The number of nitrogens with zero attached hydrogens (tertiary/aromatic N) is 4. The van der Waals surface area contributed by atoms with Gasteiger partial charge in [0.15, 0.2) is 5.13 Å². The summed E-state index contributed by atoms with van der Waals surface area (Å²) in [4.78, 5) is 39.9. The lowest BCUT2D eigenvalue weighted by Gasteiger charge is -2.31. The number of carbonyl (C=O) groups is 2. The van der Waals surface area contributed by atoms with Crippen LogP contribution in [0.25, 0.3) is 10.6 Å². The van der Waals surface area contributed by atoms with Gasteiger partial charge >= 0.3 is 5.97 Å². The topological polar surface area (TPSA) is 98.7 Å². The molecule has 2 aliphatic rings. The molecule has 2 saturated heterocycles. The van der Waals surface area contributed by atoms with Gasteiger partial charge in [0.2, 0.25) is 0 Å². The molecule has 1 amide bonds. The number of thiazole rings is 1. The van der Waals surface area contributed by atoms with E-state index in [9.17, 15) is 14.7 Å². The Morgan fingerprint density at radius 1 is 1.19 bits per heavy atom. The number of piperidine rings is 1. The number of rotatable bonds is 7. The van der Waals surface area contributed by atoms with Gasteiger partial charge in [-0.15, -0.1) is 11.3 Å². The average molecular weight is 581 g/mol. The SMILES string of the molecule is C[C@H]1CCN(Cc2sc(NC(=O)c3cnc(N4CCC(C(=O)O)CC4)c(Cl)c3)nc2-c2cc(Cl)cs2)C1. The van der Waals surface area contributed by atoms with Crippen LogP contribution in [0.15, 0.2) is 23.7 Å². The van der Waals surface area contributed by atoms with Gasteiger partial charge in [-0.1, -0.05) is 41.5 Å². The van der Waals surface area contributed by atoms with Crippen LogP contribution in [0.2, 0.25) is 10.0 Å². The van der Waals surface area contributed by atoms with Gasteiger partial charge in [-0.3, -0.25) is 19.8 Å². The van der Waals surface area contributed by atoms with Gasteiger partial charge in [-0.2, -0.15) is 0 Å². The Balaban J connectivity index is 1.31. The number of thiophene rings is 1. The number of halogens is 2. The van der Waals surface area contributed by atoms with Crippen LogP contribution in [-0.2, 0) is 11.3 Å². The molecule has 3 aromatic rings. The predicted molar refractivity (Wildman–Crippen MR) is 149 cm³/mol. The van der Waals surface area contributed by atoms with E-state index >= 15 is 0 Å². The summed E-state index contributed by atoms with van der Waals surface area (Å²) in [7, 11) is 0. The molecular formula is C25H27Cl2N5O3S2. The zero-order valence-corrected chi connectivity index (χ0v) is 23.4. The molecule has 3 aromatic heterocycles. The molecule has 8 nitrogen and oxygen atoms in total. The molecule has 2 fully saturated rings. The number of hydrogen-bond donors (Lipinski definition) is 2. The van der Waals surface area contributed by atoms with Crippen LogP contribution in [0.3, 0.4) is 0 Å². The van der Waals surface area contributed by atoms with E-state index in [-0.39, 0.29) is 11.8 Å². The second-order valence-corrected chi connectivity index (χ2v) is 12.5. The number of anilines is 2. The van der Waals surface area contributed by atoms with Crippen LogP contribution in [0.4, 0.5) is 10.9 Å². The van der Waals surface area contributed by atoms with E-state index in [0.29, 0.717) is 58.4 Å². The first-order chi connectivity index (χ1) is 17.8. The van der Waals surface area contributed by atoms with Crippen LogP contribution < -0.4 is 10.2 Å². The molecule has 0 spiro atoms. The summed E-state index contributed by atoms with van der Waals surface area (Å²) in [6, 6.07) is 3.51. The van der Waals surface area contributed by atoms with E-state index in [2.05, 4.69) is 22.1 Å². The minimum absolute atomic E-state index is 0.333. The van der Waals surface area contributed by atoms with Crippen molar-refractivity contribution in [3.05, 3.63) is 44.2 Å². The van der Waals surface area contributed by atoms with Gasteiger partial charge in [-0.05, 0) is 43.9 Å². The van der Waals surface area contributed by atoms with E-state index in [1.54, 1.807) is 6.07 Å². The zero-order valence-electron chi connectivity index (χ0n) is 20.2. The van der Waals surface area contributed by atoms with Gasteiger partial charge in [-0.25, -0.2) is 9.97 Å². The first kappa shape index (κ1) is 26.4. The third-order valence-electron chi connectivity index (χ3n) is 6.82. The molecule has 5 heterocycles. The summed E-state index contributed by atoms with van der Waals surface area (Å²) < 4.78 is 0. The summed E-state index contributed by atoms with van der Waals surface area (Å²) >= 11 is 15.7. The number of nitrogens with one attached hydrogen (secondary N) is 1. The number of aliphatic carboxylic acids is 1. The normalized spacial score (nSPS) is 18.9. The molecule has 2 aliphatic heterocycles. The minimum atomic E-state index is -0.767. The first-order valence-corrected chi connectivity index (χ1v) is 14.6. The van der Waals surface area contributed by atoms with Crippen molar-refractivity contribution in [3.63, 3.8) is 0 Å². The van der Waals surface area contributed by atoms with E-state index in [1.807, 2.05) is 16.3 Å². The molecule has 0 aliphatic carbocycles. The Morgan fingerprint density at radius 2 is 1.97 bits per heavy atom. The largest absolute Gasteiger partial charge is 0.481 e. The summed E-state index contributed by atoms with van der Waals surface area (Å²) in [5.74, 6) is -0.203. The number of carboxylic acid groups (broad SMARTS) is 1. The third-order valence-corrected chi connectivity index (χ3v) is 9.34. The average Bonchev–Trinajstić information content (AvgIpc) is 3.59. The van der Waals surface area contributed by atoms with Crippen LogP contribution in [0.5, 0.6) is 0 Å². The van der Waals surface area contributed by atoms with Crippen LogP contribution in [0.1, 0.15) is 41.4 Å². The lowest BCUT2D eigenvalue weighted by molar-refractivity contribution is -0.142. The molecule has 0 saturated carbocycles. The van der Waals surface area contributed by atoms with Gasteiger partial charge < -0.3 is 10.0 Å². The fourth-order valence-corrected chi connectivity index (χ4v) is 7.26. The third kappa shape index (κ3) is 6.09. The fraction of sp³-hybridized carbons (Fsp3) is 0.440. The number of aromatic nitrogens is 2. The lowest BCUT2D eigenvalue weighted by Crippen LogP contribution is -2.37. The number of likely N-dealkylation sites (tertiary alicyclic amines) is 1. The van der Waals surface area contributed by atoms with Gasteiger partial charge in [0.1, 0.15) is 5.82 Å². The molecule has 5 rings (SSSR count). The summed E-state index contributed by atoms with van der Waals surface area (Å²) in [5.41, 5.74) is 1.19. The molecule has 196 valence electrons. The van der Waals surface area contributed by atoms with Gasteiger partial charge in [0, 0.05) is 42.6 Å². The van der Waals surface area contributed by atoms with Crippen LogP contribution in [0, 0.1) is 11.8 Å². The van der Waals surface area contributed by atoms with Crippen molar-refractivity contribution >= 4 is 68.7 Å². The van der Waals surface area contributed by atoms with Crippen molar-refractivity contribution in [2.75, 3.05) is 36.4 Å². The van der Waals surface area contributed by atoms with Crippen LogP contribution in [-0.4, -0.2) is 58.0 Å². The molecule has 0 bridgehead atoms. The van der Waals surface area contributed by atoms with Crippen molar-refractivity contribution in [1.29, 1.82) is 0 Å². The summed E-state index contributed by atoms with van der Waals surface area (Å²) in [5, 5.41) is 15.6. The number of hydrogen-bond acceptors (Lipinski definition) is 8. The monoisotopic (exact) mass is 579 g/mol. The summed E-state index contributed by atoms with van der Waals surface area (Å²) in [6.07, 6.45) is 3.76. The van der Waals surface area contributed by atoms with Crippen molar-refractivity contribution in [3.8, 4) is 10.6 Å². The maximum atomic E-state index is 13.1. The van der Waals surface area contributed by atoms with Gasteiger partial charge in [0.05, 0.1) is 32.1 Å². The molecular weight excluding hydrogens is 553 g/mol. The maximum Gasteiger partial charge on any atom is 0.306 e. The van der Waals surface area contributed by atoms with Crippen LogP contribution >= 0.6 is 45.9 Å². The number of pyridine rings is 1. The Bertz CT molecular complexity index is 1310. The predicted octanol–water partition coefficient (Wildman–Crippen LogP) is 5.97. The molecule has 0 radical (unpaired) electrons. The van der Waals surface area contributed by atoms with E-state index in [4.69, 9.17) is 28.2 Å². The maximum absolute atomic E-state index is 13.1. The Hall–Kier alpha value is -2.24. The highest BCUT2D eigenvalue weighted by molar-refractivity contribution is 7.17. The Labute approximate surface area is 233 Å². The smallest absolute Gasteiger partial charge is 0.306 e. The second kappa shape index (κ2) is 11.2. The molecule has 0 unspecified atom stereocenters. The number of carbonyl (C=O) groups excluding carboxylic acids is 1. The van der Waals surface area contributed by atoms with Crippen molar-refractivity contribution in [2.24, 2.45) is 11.8 Å². The Morgan fingerprint density at radius 3 is 2.59 bits per heavy atom. The van der Waals surface area contributed by atoms with E-state index in [1.165, 1.54) is 35.3 Å². The lowest BCUT2D eigenvalue weighted by atomic mass is 9.97. The van der Waals surface area contributed by atoms with Gasteiger partial charge in [0.25, 0.3) is 5.91 Å². The van der Waals surface area contributed by atoms with E-state index in [0.717, 1.165) is 35.1 Å². The standard InChI is InChI=1S/C25H27Cl2N5O3S2/c1-14-2-5-31(11-14)12-20-21(19-9-17(26)13-36-19)29-25(37-20)30-23(33)16-8-18(27)22(28-10-16)32-6-3-15(4-7-32)24(34)35/h8-10,13-15H,2-7,11-12H2,1H3,(H,34,35)(H,29,30,33)/t14-/m0/s1. The molecule has 1 atom stereocenters. The molecule has 2 N–H and O–H groups in total. The number of amides is 1. The highest BCUT2D eigenvalue weighted by atomic mass is 35.5. The number of carboxylic acids is 1. The van der Waals surface area contributed by atoms with Crippen molar-refractivity contribution in [2.45, 2.75) is 32.7 Å². The van der Waals surface area contributed by atoms with Crippen molar-refractivity contribution < 1.29 is 14.7 Å². The first-order valence-electron chi connectivity index (χ1n) is 12.2. The minimum Gasteiger partial charge on any atom is -0.481 e. The molecule has 0 aromatic carbocycles. The second-order valence-electron chi connectivity index (χ2n) is 9.63. The zero-order chi connectivity index (χ0) is 26.1. The summed E-state index contributed by atoms with van der Waals surface area (Å²) in [6.45, 7) is 6.26. The quantitative estimate of drug-likeness (QED) is 0.355. The fourth-order valence-electron chi connectivity index (χ4n) is 4.81. The highest BCUT2D eigenvalue weighted by Crippen LogP contribution is 2.38. The van der Waals surface area contributed by atoms with E-state index < -0.39 is 5.97 Å². The Kier molecular flexibility index (Phi) is 8.02. The van der Waals surface area contributed by atoms with Crippen molar-refractivity contribution in [1.82, 2.24) is 14.9 Å².